The molecule has 174 valence electrons. The Bertz CT molecular complexity index is 1440. The Hall–Kier alpha value is -4.75. The minimum Gasteiger partial charge on any atom is -0.220 e. The van der Waals surface area contributed by atoms with Gasteiger partial charge in [-0.15, -0.1) is 5.10 Å². The van der Waals surface area contributed by atoms with Gasteiger partial charge < -0.3 is 0 Å². The van der Waals surface area contributed by atoms with Gasteiger partial charge in [0.25, 0.3) is 0 Å². The van der Waals surface area contributed by atoms with Crippen molar-refractivity contribution in [1.29, 1.82) is 5.26 Å². The second-order valence-corrected chi connectivity index (χ2v) is 8.56. The minimum absolute atomic E-state index is 0.529. The van der Waals surface area contributed by atoms with Gasteiger partial charge in [0.05, 0.1) is 23.6 Å². The van der Waals surface area contributed by atoms with Crippen molar-refractivity contribution >= 4 is 11.1 Å². The van der Waals surface area contributed by atoms with E-state index in [2.05, 4.69) is 126 Å². The molecule has 0 N–H and O–H groups in total. The molecule has 4 aromatic carbocycles. The van der Waals surface area contributed by atoms with E-state index in [1.54, 1.807) is 4.68 Å². The molecule has 0 saturated heterocycles. The minimum atomic E-state index is 0.529. The summed E-state index contributed by atoms with van der Waals surface area (Å²) in [6.07, 6.45) is 4.02. The van der Waals surface area contributed by atoms with Crippen LogP contribution in [0.3, 0.4) is 0 Å². The lowest BCUT2D eigenvalue weighted by atomic mass is 9.86. The second-order valence-electron chi connectivity index (χ2n) is 8.56. The van der Waals surface area contributed by atoms with E-state index in [4.69, 9.17) is 5.26 Å². The van der Waals surface area contributed by atoms with E-state index in [9.17, 15) is 0 Å². The second kappa shape index (κ2) is 11.1. The molecule has 0 fully saturated rings. The van der Waals surface area contributed by atoms with E-state index in [0.29, 0.717) is 6.42 Å². The first-order valence-electron chi connectivity index (χ1n) is 12.1. The van der Waals surface area contributed by atoms with Gasteiger partial charge in [0.2, 0.25) is 0 Å². The number of unbranched alkanes of at least 4 members (excludes halogenated alkanes) is 1. The van der Waals surface area contributed by atoms with Crippen molar-refractivity contribution in [3.05, 3.63) is 149 Å². The number of nitriles is 1. The Morgan fingerprint density at radius 1 is 0.639 bits per heavy atom. The van der Waals surface area contributed by atoms with Crippen LogP contribution in [-0.2, 0) is 6.42 Å². The van der Waals surface area contributed by atoms with Gasteiger partial charge >= 0.3 is 0 Å². The summed E-state index contributed by atoms with van der Waals surface area (Å²) in [5, 5.41) is 17.3. The van der Waals surface area contributed by atoms with Gasteiger partial charge in [0.1, 0.15) is 0 Å². The maximum atomic E-state index is 8.77. The average Bonchev–Trinajstić information content (AvgIpc) is 3.42. The lowest BCUT2D eigenvalue weighted by molar-refractivity contribution is 0.782. The molecule has 0 amide bonds. The van der Waals surface area contributed by atoms with E-state index in [1.807, 2.05) is 12.3 Å². The van der Waals surface area contributed by atoms with Crippen LogP contribution >= 0.6 is 0 Å². The van der Waals surface area contributed by atoms with Crippen LogP contribution in [0.1, 0.15) is 40.8 Å². The third-order valence-electron chi connectivity index (χ3n) is 6.12. The highest BCUT2D eigenvalue weighted by molar-refractivity contribution is 6.04. The lowest BCUT2D eigenvalue weighted by Gasteiger charge is -2.18. The smallest absolute Gasteiger partial charge is 0.0832 e. The SMILES string of the molecule is N#CCCCc1cn(-c2ccc(C(=C(c3ccccc3)c3ccccc3)c3ccccc3)cc2)nn1. The van der Waals surface area contributed by atoms with E-state index in [0.717, 1.165) is 35.3 Å². The maximum Gasteiger partial charge on any atom is 0.0832 e. The number of aryl methyl sites for hydroxylation is 1. The highest BCUT2D eigenvalue weighted by Gasteiger charge is 2.16. The van der Waals surface area contributed by atoms with Crippen molar-refractivity contribution in [3.8, 4) is 11.8 Å². The fourth-order valence-electron chi connectivity index (χ4n) is 4.39. The zero-order valence-corrected chi connectivity index (χ0v) is 20.0. The van der Waals surface area contributed by atoms with Gasteiger partial charge in [0.15, 0.2) is 0 Å². The van der Waals surface area contributed by atoms with Gasteiger partial charge in [-0.05, 0) is 58.4 Å². The molecule has 0 unspecified atom stereocenters. The van der Waals surface area contributed by atoms with E-state index in [1.165, 1.54) is 22.3 Å². The number of hydrogen-bond acceptors (Lipinski definition) is 3. The summed E-state index contributed by atoms with van der Waals surface area (Å²) in [6.45, 7) is 0. The average molecular weight is 467 g/mol. The summed E-state index contributed by atoms with van der Waals surface area (Å²) in [6, 6.07) is 42.3. The number of hydrogen-bond donors (Lipinski definition) is 0. The molecule has 0 aliphatic carbocycles. The summed E-state index contributed by atoms with van der Waals surface area (Å²) in [5.74, 6) is 0. The van der Waals surface area contributed by atoms with Crippen LogP contribution in [0.25, 0.3) is 16.8 Å². The van der Waals surface area contributed by atoms with Crippen LogP contribution in [0.2, 0.25) is 0 Å². The van der Waals surface area contributed by atoms with Crippen molar-refractivity contribution in [2.45, 2.75) is 19.3 Å². The Kier molecular flexibility index (Phi) is 7.11. The first kappa shape index (κ1) is 23.0. The molecule has 36 heavy (non-hydrogen) atoms. The number of benzene rings is 4. The molecule has 0 saturated carbocycles. The molecule has 0 bridgehead atoms. The molecule has 0 radical (unpaired) electrons. The van der Waals surface area contributed by atoms with Crippen LogP contribution in [0.4, 0.5) is 0 Å². The quantitative estimate of drug-likeness (QED) is 0.181. The van der Waals surface area contributed by atoms with Crippen LogP contribution in [0, 0.1) is 11.3 Å². The van der Waals surface area contributed by atoms with E-state index < -0.39 is 0 Å². The zero-order chi connectivity index (χ0) is 24.6. The van der Waals surface area contributed by atoms with Crippen molar-refractivity contribution in [2.24, 2.45) is 0 Å². The number of aromatic nitrogens is 3. The third kappa shape index (κ3) is 5.16. The van der Waals surface area contributed by atoms with Crippen molar-refractivity contribution < 1.29 is 0 Å². The Morgan fingerprint density at radius 2 is 1.11 bits per heavy atom. The van der Waals surface area contributed by atoms with Gasteiger partial charge in [-0.25, -0.2) is 4.68 Å². The van der Waals surface area contributed by atoms with Crippen molar-refractivity contribution in [1.82, 2.24) is 15.0 Å². The Balaban J connectivity index is 1.61. The van der Waals surface area contributed by atoms with Crippen LogP contribution < -0.4 is 0 Å². The molecule has 0 spiro atoms. The number of rotatable bonds is 8. The molecule has 4 heteroatoms. The van der Waals surface area contributed by atoms with Gasteiger partial charge in [-0.1, -0.05) is 108 Å². The van der Waals surface area contributed by atoms with E-state index >= 15 is 0 Å². The molecule has 5 rings (SSSR count). The predicted octanol–water partition coefficient (Wildman–Crippen LogP) is 7.12. The molecular formula is C32H26N4. The van der Waals surface area contributed by atoms with Crippen LogP contribution in [0.5, 0.6) is 0 Å². The largest absolute Gasteiger partial charge is 0.220 e. The molecule has 0 atom stereocenters. The van der Waals surface area contributed by atoms with E-state index in [-0.39, 0.29) is 0 Å². The Morgan fingerprint density at radius 3 is 1.58 bits per heavy atom. The molecular weight excluding hydrogens is 440 g/mol. The monoisotopic (exact) mass is 466 g/mol. The van der Waals surface area contributed by atoms with Gasteiger partial charge in [-0.2, -0.15) is 5.26 Å². The highest BCUT2D eigenvalue weighted by Crippen LogP contribution is 2.36. The first-order chi connectivity index (χ1) is 17.8. The van der Waals surface area contributed by atoms with Gasteiger partial charge in [0, 0.05) is 6.42 Å². The topological polar surface area (TPSA) is 54.5 Å². The molecule has 1 heterocycles. The van der Waals surface area contributed by atoms with Crippen molar-refractivity contribution in [3.63, 3.8) is 0 Å². The van der Waals surface area contributed by atoms with Crippen molar-refractivity contribution in [2.75, 3.05) is 0 Å². The fourth-order valence-corrected chi connectivity index (χ4v) is 4.39. The van der Waals surface area contributed by atoms with Gasteiger partial charge in [-0.3, -0.25) is 0 Å². The summed E-state index contributed by atoms with van der Waals surface area (Å²) < 4.78 is 1.80. The zero-order valence-electron chi connectivity index (χ0n) is 20.0. The Labute approximate surface area is 211 Å². The highest BCUT2D eigenvalue weighted by atomic mass is 15.4. The molecule has 0 aliphatic rings. The van der Waals surface area contributed by atoms with Crippen LogP contribution in [0.15, 0.2) is 121 Å². The molecule has 0 aliphatic heterocycles. The maximum absolute atomic E-state index is 8.77. The predicted molar refractivity (Wildman–Crippen MR) is 144 cm³/mol. The fraction of sp³-hybridized carbons (Fsp3) is 0.0938. The summed E-state index contributed by atoms with van der Waals surface area (Å²) in [4.78, 5) is 0. The lowest BCUT2D eigenvalue weighted by Crippen LogP contribution is -1.99. The normalized spacial score (nSPS) is 10.5. The molecule has 1 aromatic heterocycles. The molecule has 5 aromatic rings. The third-order valence-corrected chi connectivity index (χ3v) is 6.12. The summed E-state index contributed by atoms with van der Waals surface area (Å²) >= 11 is 0. The van der Waals surface area contributed by atoms with Crippen LogP contribution in [-0.4, -0.2) is 15.0 Å². The summed E-state index contributed by atoms with van der Waals surface area (Å²) in [5.41, 5.74) is 8.84. The first-order valence-corrected chi connectivity index (χ1v) is 12.1. The standard InChI is InChI=1S/C32H26N4/c33-23-11-10-18-29-24-36(35-34-29)30-21-19-28(20-22-30)32(27-16-8-3-9-17-27)31(25-12-4-1-5-13-25)26-14-6-2-7-15-26/h1-9,12-17,19-22,24H,10-11,18H2. The molecule has 4 nitrogen and oxygen atoms in total. The summed E-state index contributed by atoms with van der Waals surface area (Å²) in [7, 11) is 0. The number of nitrogens with zero attached hydrogens (tertiary/aromatic N) is 4.